The fourth-order valence-corrected chi connectivity index (χ4v) is 3.83. The number of rotatable bonds is 4. The number of carbonyl (C=O) groups excluding carboxylic acids is 2. The smallest absolute Gasteiger partial charge is 0.300 e. The average Bonchev–Trinajstić information content (AvgIpc) is 3.04. The molecular weight excluding hydrogens is 400 g/mol. The van der Waals surface area contributed by atoms with Crippen molar-refractivity contribution >= 4 is 34.7 Å². The topological polar surface area (TPSA) is 70.5 Å². The van der Waals surface area contributed by atoms with Gasteiger partial charge >= 0.3 is 0 Å². The lowest BCUT2D eigenvalue weighted by Gasteiger charge is -2.25. The Balaban J connectivity index is 1.92. The SMILES string of the molecule is CCc1ccc(N2C(=O)C(=O)/C(=C(\O)c3cccc(Cl)c3)C2c2ccncc2)cc1. The summed E-state index contributed by atoms with van der Waals surface area (Å²) in [5.74, 6) is -1.69. The van der Waals surface area contributed by atoms with Gasteiger partial charge in [-0.25, -0.2) is 0 Å². The number of hydrogen-bond acceptors (Lipinski definition) is 4. The molecule has 1 atom stereocenters. The van der Waals surface area contributed by atoms with Crippen LogP contribution >= 0.6 is 11.6 Å². The van der Waals surface area contributed by atoms with Gasteiger partial charge in [0.25, 0.3) is 11.7 Å². The van der Waals surface area contributed by atoms with Gasteiger partial charge in [-0.2, -0.15) is 0 Å². The van der Waals surface area contributed by atoms with Crippen LogP contribution in [0.4, 0.5) is 5.69 Å². The third kappa shape index (κ3) is 3.48. The first-order valence-corrected chi connectivity index (χ1v) is 9.95. The Kier molecular flexibility index (Phi) is 5.38. The minimum absolute atomic E-state index is 0.0213. The van der Waals surface area contributed by atoms with Crippen LogP contribution in [0.1, 0.15) is 29.7 Å². The Hall–Kier alpha value is -3.44. The van der Waals surface area contributed by atoms with Gasteiger partial charge in [0.2, 0.25) is 0 Å². The molecule has 1 aliphatic rings. The number of aryl methyl sites for hydroxylation is 1. The molecule has 6 heteroatoms. The summed E-state index contributed by atoms with van der Waals surface area (Å²) >= 11 is 6.06. The molecule has 1 aromatic heterocycles. The number of halogens is 1. The molecule has 3 aromatic rings. The molecule has 0 bridgehead atoms. The van der Waals surface area contributed by atoms with E-state index in [2.05, 4.69) is 4.98 Å². The van der Waals surface area contributed by atoms with Crippen molar-refractivity contribution in [1.82, 2.24) is 4.98 Å². The molecule has 0 aliphatic carbocycles. The molecule has 1 aliphatic heterocycles. The van der Waals surface area contributed by atoms with E-state index in [4.69, 9.17) is 11.6 Å². The highest BCUT2D eigenvalue weighted by atomic mass is 35.5. The summed E-state index contributed by atoms with van der Waals surface area (Å²) in [5, 5.41) is 11.4. The van der Waals surface area contributed by atoms with E-state index >= 15 is 0 Å². The fourth-order valence-electron chi connectivity index (χ4n) is 3.64. The van der Waals surface area contributed by atoms with Crippen molar-refractivity contribution in [3.8, 4) is 0 Å². The quantitative estimate of drug-likeness (QED) is 0.370. The van der Waals surface area contributed by atoms with Gasteiger partial charge in [-0.1, -0.05) is 42.8 Å². The number of aliphatic hydroxyl groups excluding tert-OH is 1. The van der Waals surface area contributed by atoms with E-state index in [9.17, 15) is 14.7 Å². The second-order valence-corrected chi connectivity index (χ2v) is 7.42. The van der Waals surface area contributed by atoms with Crippen molar-refractivity contribution in [2.45, 2.75) is 19.4 Å². The number of anilines is 1. The maximum absolute atomic E-state index is 13.0. The van der Waals surface area contributed by atoms with Crippen LogP contribution in [0.5, 0.6) is 0 Å². The van der Waals surface area contributed by atoms with Gasteiger partial charge in [-0.05, 0) is 53.9 Å². The molecule has 5 nitrogen and oxygen atoms in total. The summed E-state index contributed by atoms with van der Waals surface area (Å²) in [5.41, 5.74) is 2.78. The van der Waals surface area contributed by atoms with Crippen LogP contribution in [0, 0.1) is 0 Å². The number of aromatic nitrogens is 1. The van der Waals surface area contributed by atoms with E-state index in [0.29, 0.717) is 21.8 Å². The lowest BCUT2D eigenvalue weighted by atomic mass is 9.95. The molecular formula is C24H19ClN2O3. The molecule has 2 aromatic carbocycles. The molecule has 2 heterocycles. The van der Waals surface area contributed by atoms with Crippen molar-refractivity contribution in [3.63, 3.8) is 0 Å². The van der Waals surface area contributed by atoms with Crippen LogP contribution in [0.25, 0.3) is 5.76 Å². The lowest BCUT2D eigenvalue weighted by Crippen LogP contribution is -2.29. The molecule has 1 fully saturated rings. The van der Waals surface area contributed by atoms with E-state index in [-0.39, 0.29) is 11.3 Å². The monoisotopic (exact) mass is 418 g/mol. The molecule has 30 heavy (non-hydrogen) atoms. The average molecular weight is 419 g/mol. The number of aliphatic hydroxyl groups is 1. The minimum atomic E-state index is -0.778. The molecule has 0 saturated carbocycles. The first-order chi connectivity index (χ1) is 14.5. The van der Waals surface area contributed by atoms with Crippen molar-refractivity contribution < 1.29 is 14.7 Å². The van der Waals surface area contributed by atoms with Gasteiger partial charge in [-0.15, -0.1) is 0 Å². The molecule has 1 amide bonds. The molecule has 0 radical (unpaired) electrons. The predicted molar refractivity (Wildman–Crippen MR) is 116 cm³/mol. The van der Waals surface area contributed by atoms with Crippen molar-refractivity contribution in [2.24, 2.45) is 0 Å². The third-order valence-corrected chi connectivity index (χ3v) is 5.42. The maximum Gasteiger partial charge on any atom is 0.300 e. The Labute approximate surface area is 179 Å². The first kappa shape index (κ1) is 19.9. The molecule has 1 N–H and O–H groups in total. The number of pyridine rings is 1. The summed E-state index contributed by atoms with van der Waals surface area (Å²) in [6.07, 6.45) is 4.05. The van der Waals surface area contributed by atoms with Gasteiger partial charge in [-0.3, -0.25) is 19.5 Å². The van der Waals surface area contributed by atoms with Crippen LogP contribution in [-0.2, 0) is 16.0 Å². The minimum Gasteiger partial charge on any atom is -0.507 e. The highest BCUT2D eigenvalue weighted by Gasteiger charge is 2.46. The van der Waals surface area contributed by atoms with E-state index in [0.717, 1.165) is 12.0 Å². The third-order valence-electron chi connectivity index (χ3n) is 5.19. The summed E-state index contributed by atoms with van der Waals surface area (Å²) in [4.78, 5) is 31.5. The van der Waals surface area contributed by atoms with E-state index in [1.807, 2.05) is 31.2 Å². The van der Waals surface area contributed by atoms with E-state index < -0.39 is 17.7 Å². The summed E-state index contributed by atoms with van der Waals surface area (Å²) in [6, 6.07) is 16.7. The number of amides is 1. The van der Waals surface area contributed by atoms with Crippen LogP contribution in [0.3, 0.4) is 0 Å². The summed E-state index contributed by atoms with van der Waals surface area (Å²) in [7, 11) is 0. The lowest BCUT2D eigenvalue weighted by molar-refractivity contribution is -0.132. The normalized spacial score (nSPS) is 18.1. The molecule has 1 unspecified atom stereocenters. The van der Waals surface area contributed by atoms with Crippen LogP contribution in [-0.4, -0.2) is 21.8 Å². The van der Waals surface area contributed by atoms with Crippen molar-refractivity contribution in [1.29, 1.82) is 0 Å². The predicted octanol–water partition coefficient (Wildman–Crippen LogP) is 4.92. The Morgan fingerprint density at radius 1 is 1.07 bits per heavy atom. The Morgan fingerprint density at radius 3 is 2.40 bits per heavy atom. The zero-order chi connectivity index (χ0) is 21.3. The second kappa shape index (κ2) is 8.13. The Bertz CT molecular complexity index is 1140. The number of hydrogen-bond donors (Lipinski definition) is 1. The zero-order valence-corrected chi connectivity index (χ0v) is 17.0. The van der Waals surface area contributed by atoms with E-state index in [1.165, 1.54) is 4.90 Å². The van der Waals surface area contributed by atoms with Gasteiger partial charge < -0.3 is 5.11 Å². The van der Waals surface area contributed by atoms with Crippen LogP contribution < -0.4 is 4.90 Å². The molecule has 1 saturated heterocycles. The molecule has 150 valence electrons. The number of Topliss-reactive ketones (excluding diaryl/α,β-unsaturated/α-hetero) is 1. The molecule has 0 spiro atoms. The van der Waals surface area contributed by atoms with Crippen LogP contribution in [0.2, 0.25) is 5.02 Å². The summed E-state index contributed by atoms with van der Waals surface area (Å²) < 4.78 is 0. The number of nitrogens with zero attached hydrogens (tertiary/aromatic N) is 2. The van der Waals surface area contributed by atoms with E-state index in [1.54, 1.807) is 48.8 Å². The Morgan fingerprint density at radius 2 is 1.77 bits per heavy atom. The number of ketones is 1. The molecule has 4 rings (SSSR count). The van der Waals surface area contributed by atoms with Gasteiger partial charge in [0.1, 0.15) is 5.76 Å². The standard InChI is InChI=1S/C24H19ClN2O3/c1-2-15-6-8-19(9-7-15)27-21(16-10-12-26-13-11-16)20(23(29)24(27)30)22(28)17-4-3-5-18(25)14-17/h3-14,21,28H,2H2,1H3/b22-20-. The zero-order valence-electron chi connectivity index (χ0n) is 16.2. The van der Waals surface area contributed by atoms with Crippen molar-refractivity contribution in [3.05, 3.63) is 100 Å². The van der Waals surface area contributed by atoms with Gasteiger partial charge in [0, 0.05) is 28.7 Å². The fraction of sp³-hybridized carbons (Fsp3) is 0.125. The van der Waals surface area contributed by atoms with Crippen LogP contribution in [0.15, 0.2) is 78.6 Å². The second-order valence-electron chi connectivity index (χ2n) is 6.98. The van der Waals surface area contributed by atoms with Gasteiger partial charge in [0.15, 0.2) is 0 Å². The highest BCUT2D eigenvalue weighted by molar-refractivity contribution is 6.51. The number of benzene rings is 2. The largest absolute Gasteiger partial charge is 0.507 e. The van der Waals surface area contributed by atoms with Gasteiger partial charge in [0.05, 0.1) is 11.6 Å². The highest BCUT2D eigenvalue weighted by Crippen LogP contribution is 2.42. The number of carbonyl (C=O) groups is 2. The first-order valence-electron chi connectivity index (χ1n) is 9.57. The van der Waals surface area contributed by atoms with Crippen molar-refractivity contribution in [2.75, 3.05) is 4.90 Å². The maximum atomic E-state index is 13.0. The summed E-state index contributed by atoms with van der Waals surface area (Å²) in [6.45, 7) is 2.04.